The Morgan fingerprint density at radius 2 is 1.82 bits per heavy atom. The van der Waals surface area contributed by atoms with Crippen molar-refractivity contribution in [1.82, 2.24) is 19.6 Å². The van der Waals surface area contributed by atoms with Crippen LogP contribution in [0.25, 0.3) is 11.3 Å². The zero-order valence-electron chi connectivity index (χ0n) is 26.1. The van der Waals surface area contributed by atoms with Gasteiger partial charge in [-0.15, -0.1) is 0 Å². The molecule has 3 aliphatic heterocycles. The normalized spacial score (nSPS) is 17.7. The molecule has 2 aromatic carbocycles. The lowest BCUT2D eigenvalue weighted by atomic mass is 9.99. The number of rotatable bonds is 6. The van der Waals surface area contributed by atoms with Gasteiger partial charge in [-0.05, 0) is 77.3 Å². The standard InChI is InChI=1S/C34H42BrN5O4/c1-23-7-5-8-29-32(23)40(30(41)22-43-29)26-13-18-37(19-14-26)16-6-17-39-28-15-20-38(33(42)44-34(2,3)4)21-27(28)31(36-39)24-9-11-25(35)12-10-24/h5,7-12,26H,6,13-22H2,1-4H3. The van der Waals surface area contributed by atoms with Crippen LogP contribution in [-0.2, 0) is 29.0 Å². The van der Waals surface area contributed by atoms with Crippen molar-refractivity contribution in [3.8, 4) is 17.0 Å². The summed E-state index contributed by atoms with van der Waals surface area (Å²) in [4.78, 5) is 32.2. The number of hydrogen-bond acceptors (Lipinski definition) is 6. The third-order valence-corrected chi connectivity index (χ3v) is 9.26. The summed E-state index contributed by atoms with van der Waals surface area (Å²) in [5, 5.41) is 5.10. The third-order valence-electron chi connectivity index (χ3n) is 8.73. The lowest BCUT2D eigenvalue weighted by Crippen LogP contribution is -2.51. The molecule has 1 aromatic heterocycles. The van der Waals surface area contributed by atoms with Crippen LogP contribution >= 0.6 is 15.9 Å². The van der Waals surface area contributed by atoms with Gasteiger partial charge in [0.1, 0.15) is 11.4 Å². The van der Waals surface area contributed by atoms with Crippen LogP contribution in [-0.4, -0.2) is 76.0 Å². The molecule has 3 aromatic rings. The number of halogens is 1. The van der Waals surface area contributed by atoms with Gasteiger partial charge in [0, 0.05) is 59.9 Å². The number of carbonyl (C=O) groups is 2. The fraction of sp³-hybridized carbons (Fsp3) is 0.500. The first kappa shape index (κ1) is 30.6. The first-order valence-electron chi connectivity index (χ1n) is 15.7. The molecular weight excluding hydrogens is 622 g/mol. The Bertz CT molecular complexity index is 1520. The SMILES string of the molecule is Cc1cccc2c1N(C1CCN(CCCn3nc(-c4ccc(Br)cc4)c4c3CCN(C(=O)OC(C)(C)C)C4)CC1)C(=O)CO2. The molecule has 0 N–H and O–H groups in total. The number of fused-ring (bicyclic) bond motifs is 2. The minimum atomic E-state index is -0.536. The second kappa shape index (κ2) is 12.6. The van der Waals surface area contributed by atoms with Crippen molar-refractivity contribution in [2.75, 3.05) is 37.7 Å². The van der Waals surface area contributed by atoms with E-state index in [9.17, 15) is 9.59 Å². The summed E-state index contributed by atoms with van der Waals surface area (Å²) in [6.07, 6.45) is 3.35. The Morgan fingerprint density at radius 1 is 1.07 bits per heavy atom. The van der Waals surface area contributed by atoms with Gasteiger partial charge >= 0.3 is 6.09 Å². The molecule has 9 nitrogen and oxygen atoms in total. The molecule has 4 heterocycles. The number of amides is 2. The lowest BCUT2D eigenvalue weighted by molar-refractivity contribution is -0.122. The Hall–Kier alpha value is -3.37. The summed E-state index contributed by atoms with van der Waals surface area (Å²) >= 11 is 3.54. The molecule has 10 heteroatoms. The Labute approximate surface area is 268 Å². The number of para-hydroxylation sites is 1. The number of carbonyl (C=O) groups excluding carboxylic acids is 2. The Kier molecular flexibility index (Phi) is 8.75. The van der Waals surface area contributed by atoms with Gasteiger partial charge < -0.3 is 24.2 Å². The highest BCUT2D eigenvalue weighted by atomic mass is 79.9. The van der Waals surface area contributed by atoms with E-state index in [0.29, 0.717) is 13.1 Å². The second-order valence-electron chi connectivity index (χ2n) is 13.1. The molecule has 0 bridgehead atoms. The van der Waals surface area contributed by atoms with E-state index in [1.165, 1.54) is 5.69 Å². The molecule has 234 valence electrons. The minimum Gasteiger partial charge on any atom is -0.482 e. The summed E-state index contributed by atoms with van der Waals surface area (Å²) < 4.78 is 14.6. The summed E-state index contributed by atoms with van der Waals surface area (Å²) in [5.74, 6) is 0.867. The van der Waals surface area contributed by atoms with E-state index in [4.69, 9.17) is 14.6 Å². The fourth-order valence-corrected chi connectivity index (χ4v) is 6.88. The average molecular weight is 665 g/mol. The minimum absolute atomic E-state index is 0.0560. The van der Waals surface area contributed by atoms with Crippen LogP contribution in [0.15, 0.2) is 46.9 Å². The fourth-order valence-electron chi connectivity index (χ4n) is 6.62. The summed E-state index contributed by atoms with van der Waals surface area (Å²) in [7, 11) is 0. The maximum atomic E-state index is 12.9. The highest BCUT2D eigenvalue weighted by molar-refractivity contribution is 9.10. The van der Waals surface area contributed by atoms with Gasteiger partial charge in [-0.2, -0.15) is 5.10 Å². The quantitative estimate of drug-likeness (QED) is 0.313. The van der Waals surface area contributed by atoms with E-state index < -0.39 is 5.60 Å². The van der Waals surface area contributed by atoms with E-state index in [0.717, 1.165) is 90.2 Å². The average Bonchev–Trinajstić information content (AvgIpc) is 3.35. The van der Waals surface area contributed by atoms with Crippen LogP contribution < -0.4 is 9.64 Å². The van der Waals surface area contributed by atoms with Crippen molar-refractivity contribution in [2.24, 2.45) is 0 Å². The summed E-state index contributed by atoms with van der Waals surface area (Å²) in [6, 6.07) is 14.4. The molecule has 0 saturated carbocycles. The first-order valence-corrected chi connectivity index (χ1v) is 16.5. The van der Waals surface area contributed by atoms with Crippen molar-refractivity contribution >= 4 is 33.6 Å². The molecule has 0 aliphatic carbocycles. The number of piperidine rings is 1. The number of anilines is 1. The van der Waals surface area contributed by atoms with Gasteiger partial charge in [0.25, 0.3) is 5.91 Å². The van der Waals surface area contributed by atoms with Crippen LogP contribution in [0, 0.1) is 6.92 Å². The van der Waals surface area contributed by atoms with Crippen molar-refractivity contribution < 1.29 is 19.1 Å². The maximum Gasteiger partial charge on any atom is 0.410 e. The predicted octanol–water partition coefficient (Wildman–Crippen LogP) is 6.19. The van der Waals surface area contributed by atoms with E-state index in [-0.39, 0.29) is 24.6 Å². The van der Waals surface area contributed by atoms with E-state index in [2.05, 4.69) is 37.6 Å². The molecule has 6 rings (SSSR count). The molecule has 0 unspecified atom stereocenters. The molecule has 0 atom stereocenters. The van der Waals surface area contributed by atoms with Crippen molar-refractivity contribution in [1.29, 1.82) is 0 Å². The molecule has 1 saturated heterocycles. The van der Waals surface area contributed by atoms with Crippen molar-refractivity contribution in [3.63, 3.8) is 0 Å². The van der Waals surface area contributed by atoms with E-state index in [1.807, 2.05) is 62.9 Å². The van der Waals surface area contributed by atoms with Crippen LogP contribution in [0.3, 0.4) is 0 Å². The van der Waals surface area contributed by atoms with Gasteiger partial charge in [0.05, 0.1) is 17.9 Å². The Balaban J connectivity index is 1.11. The number of nitrogens with zero attached hydrogens (tertiary/aromatic N) is 5. The summed E-state index contributed by atoms with van der Waals surface area (Å²) in [6.45, 7) is 12.7. The van der Waals surface area contributed by atoms with E-state index in [1.54, 1.807) is 4.90 Å². The summed E-state index contributed by atoms with van der Waals surface area (Å²) in [5.41, 5.74) is 5.79. The van der Waals surface area contributed by atoms with Crippen molar-refractivity contribution in [2.45, 2.75) is 78.1 Å². The molecule has 1 fully saturated rings. The number of ether oxygens (including phenoxy) is 2. The third kappa shape index (κ3) is 6.52. The number of hydrogen-bond donors (Lipinski definition) is 0. The highest BCUT2D eigenvalue weighted by Gasteiger charge is 2.35. The number of likely N-dealkylation sites (tertiary alicyclic amines) is 1. The van der Waals surface area contributed by atoms with Crippen LogP contribution in [0.2, 0.25) is 0 Å². The smallest absolute Gasteiger partial charge is 0.410 e. The van der Waals surface area contributed by atoms with Gasteiger partial charge in [-0.1, -0.05) is 40.2 Å². The Morgan fingerprint density at radius 3 is 2.55 bits per heavy atom. The molecular formula is C34H42BrN5O4. The predicted molar refractivity (Wildman–Crippen MR) is 174 cm³/mol. The van der Waals surface area contributed by atoms with Crippen molar-refractivity contribution in [3.05, 3.63) is 63.8 Å². The zero-order valence-corrected chi connectivity index (χ0v) is 27.7. The molecule has 2 amide bonds. The second-order valence-corrected chi connectivity index (χ2v) is 14.0. The highest BCUT2D eigenvalue weighted by Crippen LogP contribution is 2.38. The zero-order chi connectivity index (χ0) is 31.0. The number of benzene rings is 2. The monoisotopic (exact) mass is 663 g/mol. The molecule has 44 heavy (non-hydrogen) atoms. The van der Waals surface area contributed by atoms with Crippen LogP contribution in [0.1, 0.15) is 56.9 Å². The topological polar surface area (TPSA) is 80.1 Å². The van der Waals surface area contributed by atoms with E-state index >= 15 is 0 Å². The number of aromatic nitrogens is 2. The maximum absolute atomic E-state index is 12.9. The molecule has 0 radical (unpaired) electrons. The van der Waals surface area contributed by atoms with Gasteiger partial charge in [0.15, 0.2) is 6.61 Å². The largest absolute Gasteiger partial charge is 0.482 e. The van der Waals surface area contributed by atoms with Gasteiger partial charge in [0.2, 0.25) is 0 Å². The first-order chi connectivity index (χ1) is 21.1. The van der Waals surface area contributed by atoms with Gasteiger partial charge in [-0.3, -0.25) is 9.48 Å². The molecule has 0 spiro atoms. The lowest BCUT2D eigenvalue weighted by Gasteiger charge is -2.41. The van der Waals surface area contributed by atoms with Crippen LogP contribution in [0.4, 0.5) is 10.5 Å². The number of aryl methyl sites for hydroxylation is 2. The van der Waals surface area contributed by atoms with Gasteiger partial charge in [-0.25, -0.2) is 4.79 Å². The van der Waals surface area contributed by atoms with Crippen LogP contribution in [0.5, 0.6) is 5.75 Å². The molecule has 3 aliphatic rings.